The van der Waals surface area contributed by atoms with Crippen molar-refractivity contribution in [2.45, 2.75) is 31.8 Å². The minimum absolute atomic E-state index is 0.0256. The smallest absolute Gasteiger partial charge is 0.303 e. The summed E-state index contributed by atoms with van der Waals surface area (Å²) in [5.41, 5.74) is 1.64. The van der Waals surface area contributed by atoms with Gasteiger partial charge in [-0.2, -0.15) is 0 Å². The third-order valence-electron chi connectivity index (χ3n) is 6.89. The van der Waals surface area contributed by atoms with E-state index in [-0.39, 0.29) is 18.3 Å². The van der Waals surface area contributed by atoms with Crippen LogP contribution in [0.4, 0.5) is 0 Å². The summed E-state index contributed by atoms with van der Waals surface area (Å²) in [5, 5.41) is 21.4. The molecule has 0 bridgehead atoms. The molecule has 2 N–H and O–H groups in total. The molecule has 1 saturated heterocycles. The number of methoxy groups -OCH3 is 1. The summed E-state index contributed by atoms with van der Waals surface area (Å²) in [6.07, 6.45) is 6.98. The first-order valence-corrected chi connectivity index (χ1v) is 12.0. The largest absolute Gasteiger partial charge is 0.497 e. The van der Waals surface area contributed by atoms with Crippen molar-refractivity contribution in [2.75, 3.05) is 26.7 Å². The standard InChI is InChI=1S/C27H32N4O4/c1-30-15-12-29-26(30)4-3-13-31-14-10-19(20(18-31)16-27(33)34)5-8-25(32)22-9-11-28-24-7-6-21(35-2)17-23(22)24/h6-7,9,11-12,15,17,19-20,25,32H,5,8,10,13-14,16,18H2,1-2H3,(H,33,34)/t19-,20+,25?/m1/s1. The molecule has 3 atom stereocenters. The van der Waals surface area contributed by atoms with Crippen molar-refractivity contribution in [2.24, 2.45) is 18.9 Å². The van der Waals surface area contributed by atoms with E-state index in [2.05, 4.69) is 26.7 Å². The number of imidazole rings is 1. The molecule has 0 radical (unpaired) electrons. The van der Waals surface area contributed by atoms with Crippen LogP contribution < -0.4 is 4.74 Å². The van der Waals surface area contributed by atoms with E-state index in [0.29, 0.717) is 19.5 Å². The number of aryl methyl sites for hydroxylation is 1. The van der Waals surface area contributed by atoms with Crippen LogP contribution in [0.2, 0.25) is 0 Å². The van der Waals surface area contributed by atoms with Gasteiger partial charge in [-0.15, -0.1) is 0 Å². The number of aliphatic carboxylic acids is 1. The number of nitrogens with zero attached hydrogens (tertiary/aromatic N) is 4. The molecule has 184 valence electrons. The van der Waals surface area contributed by atoms with Crippen molar-refractivity contribution in [3.05, 3.63) is 54.2 Å². The molecule has 1 aliphatic heterocycles. The SMILES string of the molecule is COc1ccc2nccc(C(O)CC[C@@H]3CCN(CC#Cc4nccn4C)C[C@@H]3CC(=O)O)c2c1. The third-order valence-corrected chi connectivity index (χ3v) is 6.89. The minimum atomic E-state index is -0.784. The summed E-state index contributed by atoms with van der Waals surface area (Å²) < 4.78 is 7.22. The van der Waals surface area contributed by atoms with Crippen LogP contribution in [-0.2, 0) is 11.8 Å². The number of ether oxygens (including phenoxy) is 1. The molecule has 4 rings (SSSR count). The van der Waals surface area contributed by atoms with Crippen LogP contribution in [0.1, 0.15) is 43.2 Å². The van der Waals surface area contributed by atoms with E-state index in [1.165, 1.54) is 0 Å². The molecular formula is C27H32N4O4. The van der Waals surface area contributed by atoms with Gasteiger partial charge in [-0.05, 0) is 73.4 Å². The molecule has 35 heavy (non-hydrogen) atoms. The van der Waals surface area contributed by atoms with Crippen LogP contribution in [-0.4, -0.2) is 62.4 Å². The van der Waals surface area contributed by atoms with Gasteiger partial charge >= 0.3 is 5.97 Å². The second kappa shape index (κ2) is 11.3. The summed E-state index contributed by atoms with van der Waals surface area (Å²) in [5.74, 6) is 7.18. The Hall–Kier alpha value is -3.41. The molecule has 0 amide bonds. The number of likely N-dealkylation sites (tertiary alicyclic amines) is 1. The molecule has 2 aromatic heterocycles. The van der Waals surface area contributed by atoms with Gasteiger partial charge < -0.3 is 19.5 Å². The molecule has 1 aliphatic rings. The number of aromatic nitrogens is 3. The van der Waals surface area contributed by atoms with Crippen LogP contribution in [0.3, 0.4) is 0 Å². The average molecular weight is 477 g/mol. The maximum absolute atomic E-state index is 11.6. The first kappa shape index (κ1) is 24.7. The van der Waals surface area contributed by atoms with Crippen LogP contribution in [0, 0.1) is 23.7 Å². The second-order valence-electron chi connectivity index (χ2n) is 9.18. The van der Waals surface area contributed by atoms with Crippen LogP contribution in [0.5, 0.6) is 5.75 Å². The number of aliphatic hydroxyl groups excluding tert-OH is 1. The number of carboxylic acid groups (broad SMARTS) is 1. The van der Waals surface area contributed by atoms with E-state index in [9.17, 15) is 15.0 Å². The number of pyridine rings is 1. The Morgan fingerprint density at radius 1 is 1.26 bits per heavy atom. The number of carbonyl (C=O) groups is 1. The van der Waals surface area contributed by atoms with Gasteiger partial charge in [-0.25, -0.2) is 4.98 Å². The normalized spacial score (nSPS) is 19.2. The van der Waals surface area contributed by atoms with Crippen LogP contribution in [0.15, 0.2) is 42.9 Å². The van der Waals surface area contributed by atoms with Crippen molar-refractivity contribution in [3.8, 4) is 17.6 Å². The lowest BCUT2D eigenvalue weighted by molar-refractivity contribution is -0.139. The minimum Gasteiger partial charge on any atom is -0.497 e. The molecule has 0 aliphatic carbocycles. The summed E-state index contributed by atoms with van der Waals surface area (Å²) in [7, 11) is 3.53. The molecule has 8 nitrogen and oxygen atoms in total. The summed E-state index contributed by atoms with van der Waals surface area (Å²) in [6, 6.07) is 7.50. The predicted octanol–water partition coefficient (Wildman–Crippen LogP) is 3.26. The van der Waals surface area contributed by atoms with Crippen molar-refractivity contribution in [1.82, 2.24) is 19.4 Å². The highest BCUT2D eigenvalue weighted by molar-refractivity contribution is 5.83. The first-order valence-electron chi connectivity index (χ1n) is 12.0. The summed E-state index contributed by atoms with van der Waals surface area (Å²) >= 11 is 0. The number of benzene rings is 1. The fourth-order valence-corrected chi connectivity index (χ4v) is 4.94. The third kappa shape index (κ3) is 6.18. The van der Waals surface area contributed by atoms with E-state index in [0.717, 1.165) is 47.4 Å². The van der Waals surface area contributed by atoms with E-state index < -0.39 is 12.1 Å². The molecule has 1 unspecified atom stereocenters. The fraction of sp³-hybridized carbons (Fsp3) is 0.444. The zero-order valence-corrected chi connectivity index (χ0v) is 20.2. The quantitative estimate of drug-likeness (QED) is 0.481. The van der Waals surface area contributed by atoms with Gasteiger partial charge in [0.05, 0.1) is 25.3 Å². The number of aliphatic hydroxyl groups is 1. The van der Waals surface area contributed by atoms with Gasteiger partial charge in [0.1, 0.15) is 5.75 Å². The zero-order chi connectivity index (χ0) is 24.8. The number of hydrogen-bond acceptors (Lipinski definition) is 6. The Labute approximate surface area is 205 Å². The highest BCUT2D eigenvalue weighted by Gasteiger charge is 2.31. The first-order chi connectivity index (χ1) is 16.9. The molecule has 3 aromatic rings. The zero-order valence-electron chi connectivity index (χ0n) is 20.2. The highest BCUT2D eigenvalue weighted by Crippen LogP contribution is 2.34. The highest BCUT2D eigenvalue weighted by atomic mass is 16.5. The summed E-state index contributed by atoms with van der Waals surface area (Å²) in [4.78, 5) is 22.4. The van der Waals surface area contributed by atoms with Gasteiger partial charge in [0, 0.05) is 44.0 Å². The summed E-state index contributed by atoms with van der Waals surface area (Å²) in [6.45, 7) is 2.14. The Morgan fingerprint density at radius 2 is 2.11 bits per heavy atom. The van der Waals surface area contributed by atoms with Gasteiger partial charge in [0.25, 0.3) is 0 Å². The molecule has 0 spiro atoms. The number of rotatable bonds is 8. The van der Waals surface area contributed by atoms with E-state index in [4.69, 9.17) is 4.74 Å². The Kier molecular flexibility index (Phi) is 8.01. The monoisotopic (exact) mass is 476 g/mol. The molecule has 3 heterocycles. The Morgan fingerprint density at radius 3 is 2.86 bits per heavy atom. The maximum Gasteiger partial charge on any atom is 0.303 e. The lowest BCUT2D eigenvalue weighted by Crippen LogP contribution is -2.41. The number of hydrogen-bond donors (Lipinski definition) is 2. The fourth-order valence-electron chi connectivity index (χ4n) is 4.94. The van der Waals surface area contributed by atoms with E-state index >= 15 is 0 Å². The van der Waals surface area contributed by atoms with Gasteiger partial charge in [0.2, 0.25) is 0 Å². The second-order valence-corrected chi connectivity index (χ2v) is 9.18. The van der Waals surface area contributed by atoms with Gasteiger partial charge in [-0.1, -0.05) is 5.92 Å². The molecular weight excluding hydrogens is 444 g/mol. The lowest BCUT2D eigenvalue weighted by atomic mass is 9.79. The van der Waals surface area contributed by atoms with Crippen LogP contribution in [0.25, 0.3) is 10.9 Å². The molecule has 1 aromatic carbocycles. The lowest BCUT2D eigenvalue weighted by Gasteiger charge is -2.37. The number of carboxylic acids is 1. The molecule has 0 saturated carbocycles. The Balaban J connectivity index is 1.39. The van der Waals surface area contributed by atoms with Crippen molar-refractivity contribution >= 4 is 16.9 Å². The Bertz CT molecular complexity index is 1230. The average Bonchev–Trinajstić information content (AvgIpc) is 3.26. The van der Waals surface area contributed by atoms with Crippen molar-refractivity contribution < 1.29 is 19.7 Å². The van der Waals surface area contributed by atoms with Gasteiger partial charge in [-0.3, -0.25) is 14.7 Å². The topological polar surface area (TPSA) is 101 Å². The molecule has 8 heteroatoms. The predicted molar refractivity (Wildman–Crippen MR) is 133 cm³/mol. The number of fused-ring (bicyclic) bond motifs is 1. The maximum atomic E-state index is 11.6. The van der Waals surface area contributed by atoms with Crippen LogP contribution >= 0.6 is 0 Å². The van der Waals surface area contributed by atoms with E-state index in [1.807, 2.05) is 42.1 Å². The van der Waals surface area contributed by atoms with Gasteiger partial charge in [0.15, 0.2) is 5.82 Å². The number of piperidine rings is 1. The van der Waals surface area contributed by atoms with E-state index in [1.54, 1.807) is 19.5 Å². The molecule has 1 fully saturated rings. The van der Waals surface area contributed by atoms with Crippen molar-refractivity contribution in [3.63, 3.8) is 0 Å². The van der Waals surface area contributed by atoms with Crippen molar-refractivity contribution in [1.29, 1.82) is 0 Å².